The highest BCUT2D eigenvalue weighted by molar-refractivity contribution is 6.21. The largest absolute Gasteiger partial charge is 0.309 e. The molecule has 0 N–H and O–H groups in total. The molecule has 0 amide bonds. The van der Waals surface area contributed by atoms with Gasteiger partial charge >= 0.3 is 0 Å². The Morgan fingerprint density at radius 1 is 0.500 bits per heavy atom. The number of nitriles is 1. The van der Waals surface area contributed by atoms with Crippen molar-refractivity contribution in [3.63, 3.8) is 0 Å². The molecule has 0 aliphatic heterocycles. The molecule has 0 aliphatic rings. The molecular formula is C37H21N5. The van der Waals surface area contributed by atoms with E-state index in [1.54, 1.807) is 0 Å². The molecule has 194 valence electrons. The summed E-state index contributed by atoms with van der Waals surface area (Å²) in [6.45, 7) is 0. The molecule has 5 heteroatoms. The average Bonchev–Trinajstić information content (AvgIpc) is 3.57. The molecular weight excluding hydrogens is 514 g/mol. The van der Waals surface area contributed by atoms with Crippen LogP contribution >= 0.6 is 0 Å². The van der Waals surface area contributed by atoms with E-state index in [2.05, 4.69) is 112 Å². The minimum atomic E-state index is 0.373. The normalized spacial score (nSPS) is 11.8. The first-order chi connectivity index (χ1) is 20.8. The lowest BCUT2D eigenvalue weighted by Crippen LogP contribution is -2.03. The fourth-order valence-corrected chi connectivity index (χ4v) is 6.59. The Morgan fingerprint density at radius 2 is 1.12 bits per heavy atom. The van der Waals surface area contributed by atoms with Crippen LogP contribution in [0, 0.1) is 11.3 Å². The molecule has 3 aromatic heterocycles. The van der Waals surface area contributed by atoms with E-state index in [1.165, 1.54) is 21.8 Å². The van der Waals surface area contributed by atoms with Gasteiger partial charge < -0.3 is 4.57 Å². The van der Waals surface area contributed by atoms with Gasteiger partial charge in [-0.3, -0.25) is 4.57 Å². The number of benzene rings is 6. The smallest absolute Gasteiger partial charge is 0.236 e. The number of hydrogen-bond donors (Lipinski definition) is 0. The monoisotopic (exact) mass is 535 g/mol. The summed E-state index contributed by atoms with van der Waals surface area (Å²) in [5.74, 6) is 0.498. The number of hydrogen-bond acceptors (Lipinski definition) is 3. The fraction of sp³-hybridized carbons (Fsp3) is 0. The van der Waals surface area contributed by atoms with Crippen molar-refractivity contribution in [2.45, 2.75) is 0 Å². The maximum atomic E-state index is 9.91. The number of nitrogens with zero attached hydrogens (tertiary/aromatic N) is 5. The van der Waals surface area contributed by atoms with E-state index in [4.69, 9.17) is 9.97 Å². The Morgan fingerprint density at radius 3 is 1.83 bits per heavy atom. The quantitative estimate of drug-likeness (QED) is 0.222. The average molecular weight is 536 g/mol. The van der Waals surface area contributed by atoms with Crippen molar-refractivity contribution >= 4 is 65.3 Å². The van der Waals surface area contributed by atoms with Crippen LogP contribution < -0.4 is 0 Å². The van der Waals surface area contributed by atoms with Gasteiger partial charge in [0.15, 0.2) is 5.69 Å². The Balaban J connectivity index is 1.34. The summed E-state index contributed by atoms with van der Waals surface area (Å²) >= 11 is 0. The highest BCUT2D eigenvalue weighted by Gasteiger charge is 2.19. The van der Waals surface area contributed by atoms with E-state index in [0.29, 0.717) is 11.6 Å². The Bertz CT molecular complexity index is 2540. The van der Waals surface area contributed by atoms with Crippen LogP contribution in [0.4, 0.5) is 0 Å². The van der Waals surface area contributed by atoms with Gasteiger partial charge in [-0.05, 0) is 59.3 Å². The summed E-state index contributed by atoms with van der Waals surface area (Å²) < 4.78 is 4.43. The summed E-state index contributed by atoms with van der Waals surface area (Å²) in [6, 6.07) is 46.5. The lowest BCUT2D eigenvalue weighted by molar-refractivity contribution is 1.00. The van der Waals surface area contributed by atoms with Crippen LogP contribution in [0.1, 0.15) is 5.69 Å². The standard InChI is InChI=1S/C37H21N5/c38-22-31-28-11-1-5-13-30(28)39-37(40-31)42-34-16-8-4-12-29(34)36-25-19-18-24(21-23(25)17-20-35(36)42)41-32-14-6-2-9-26(32)27-10-3-7-15-33(27)41/h1-21H. The van der Waals surface area contributed by atoms with E-state index in [1.807, 2.05) is 30.3 Å². The Kier molecular flexibility index (Phi) is 4.61. The van der Waals surface area contributed by atoms with Gasteiger partial charge in [0.05, 0.1) is 27.6 Å². The number of aromatic nitrogens is 4. The van der Waals surface area contributed by atoms with Gasteiger partial charge in [0.1, 0.15) is 6.07 Å². The zero-order chi connectivity index (χ0) is 27.8. The summed E-state index contributed by atoms with van der Waals surface area (Å²) in [5, 5.41) is 17.7. The maximum Gasteiger partial charge on any atom is 0.236 e. The minimum Gasteiger partial charge on any atom is -0.309 e. The molecule has 0 saturated carbocycles. The lowest BCUT2D eigenvalue weighted by atomic mass is 10.0. The molecule has 0 aliphatic carbocycles. The van der Waals surface area contributed by atoms with Crippen LogP contribution in [0.3, 0.4) is 0 Å². The van der Waals surface area contributed by atoms with Gasteiger partial charge in [-0.25, -0.2) is 9.97 Å². The molecule has 0 radical (unpaired) electrons. The van der Waals surface area contributed by atoms with Crippen molar-refractivity contribution < 1.29 is 0 Å². The molecule has 6 aromatic carbocycles. The van der Waals surface area contributed by atoms with E-state index in [-0.39, 0.29) is 0 Å². The molecule has 0 spiro atoms. The zero-order valence-electron chi connectivity index (χ0n) is 22.4. The topological polar surface area (TPSA) is 59.4 Å². The van der Waals surface area contributed by atoms with Gasteiger partial charge in [0.2, 0.25) is 5.95 Å². The first kappa shape index (κ1) is 22.8. The first-order valence-corrected chi connectivity index (χ1v) is 13.9. The molecule has 3 heterocycles. The number of rotatable bonds is 2. The first-order valence-electron chi connectivity index (χ1n) is 13.9. The number of fused-ring (bicyclic) bond motifs is 9. The van der Waals surface area contributed by atoms with Crippen molar-refractivity contribution in [3.8, 4) is 17.7 Å². The van der Waals surface area contributed by atoms with Gasteiger partial charge in [-0.1, -0.05) is 78.9 Å². The number of para-hydroxylation sites is 4. The van der Waals surface area contributed by atoms with Gasteiger partial charge in [-0.2, -0.15) is 5.26 Å². The van der Waals surface area contributed by atoms with E-state index in [0.717, 1.165) is 49.2 Å². The molecule has 0 saturated heterocycles. The SMILES string of the molecule is N#Cc1nc(-n2c3ccccc3c3c4ccc(-n5c6ccccc6c6ccccc65)cc4ccc32)nc2ccccc12. The molecule has 9 rings (SSSR count). The third kappa shape index (κ3) is 3.06. The lowest BCUT2D eigenvalue weighted by Gasteiger charge is -2.11. The fourth-order valence-electron chi connectivity index (χ4n) is 6.59. The van der Waals surface area contributed by atoms with Crippen LogP contribution in [0.25, 0.3) is 76.9 Å². The zero-order valence-corrected chi connectivity index (χ0v) is 22.4. The second-order valence-electron chi connectivity index (χ2n) is 10.6. The molecule has 0 atom stereocenters. The second-order valence-corrected chi connectivity index (χ2v) is 10.6. The summed E-state index contributed by atoms with van der Waals surface area (Å²) in [7, 11) is 0. The van der Waals surface area contributed by atoms with Crippen molar-refractivity contribution in [2.75, 3.05) is 0 Å². The van der Waals surface area contributed by atoms with Crippen LogP contribution in [0.2, 0.25) is 0 Å². The predicted molar refractivity (Wildman–Crippen MR) is 170 cm³/mol. The van der Waals surface area contributed by atoms with Crippen molar-refractivity contribution in [3.05, 3.63) is 133 Å². The molecule has 0 bridgehead atoms. The second kappa shape index (κ2) is 8.50. The maximum absolute atomic E-state index is 9.91. The summed E-state index contributed by atoms with van der Waals surface area (Å²) in [6.07, 6.45) is 0. The molecule has 5 nitrogen and oxygen atoms in total. The van der Waals surface area contributed by atoms with E-state index >= 15 is 0 Å². The molecule has 42 heavy (non-hydrogen) atoms. The van der Waals surface area contributed by atoms with Crippen LogP contribution in [0.15, 0.2) is 127 Å². The van der Waals surface area contributed by atoms with Crippen LogP contribution in [-0.2, 0) is 0 Å². The van der Waals surface area contributed by atoms with Gasteiger partial charge in [0.25, 0.3) is 0 Å². The van der Waals surface area contributed by atoms with Crippen LogP contribution in [-0.4, -0.2) is 19.1 Å². The Hall–Kier alpha value is -5.99. The van der Waals surface area contributed by atoms with Crippen molar-refractivity contribution in [1.29, 1.82) is 5.26 Å². The van der Waals surface area contributed by atoms with Crippen LogP contribution in [0.5, 0.6) is 0 Å². The Labute approximate surface area is 240 Å². The van der Waals surface area contributed by atoms with E-state index in [9.17, 15) is 5.26 Å². The summed E-state index contributed by atoms with van der Waals surface area (Å²) in [5.41, 5.74) is 6.65. The molecule has 0 fully saturated rings. The third-order valence-electron chi connectivity index (χ3n) is 8.37. The highest BCUT2D eigenvalue weighted by Crippen LogP contribution is 2.38. The molecule has 9 aromatic rings. The van der Waals surface area contributed by atoms with Crippen molar-refractivity contribution in [2.24, 2.45) is 0 Å². The molecule has 0 unspecified atom stereocenters. The van der Waals surface area contributed by atoms with Gasteiger partial charge in [0, 0.05) is 32.6 Å². The third-order valence-corrected chi connectivity index (χ3v) is 8.37. The highest BCUT2D eigenvalue weighted by atomic mass is 15.2. The van der Waals surface area contributed by atoms with E-state index < -0.39 is 0 Å². The summed E-state index contributed by atoms with van der Waals surface area (Å²) in [4.78, 5) is 9.65. The minimum absolute atomic E-state index is 0.373. The van der Waals surface area contributed by atoms with Gasteiger partial charge in [-0.15, -0.1) is 0 Å². The predicted octanol–water partition coefficient (Wildman–Crippen LogP) is 8.85. The van der Waals surface area contributed by atoms with Crippen molar-refractivity contribution in [1.82, 2.24) is 19.1 Å².